The third kappa shape index (κ3) is 2.12. The van der Waals surface area contributed by atoms with E-state index in [2.05, 4.69) is 0 Å². The molecule has 0 aromatic heterocycles. The average Bonchev–Trinajstić information content (AvgIpc) is 2.97. The monoisotopic (exact) mass is 286 g/mol. The van der Waals surface area contributed by atoms with Gasteiger partial charge in [0.15, 0.2) is 0 Å². The summed E-state index contributed by atoms with van der Waals surface area (Å²) in [7, 11) is 0. The molecule has 2 aliphatic heterocycles. The molecule has 0 spiro atoms. The van der Waals surface area contributed by atoms with E-state index in [9.17, 15) is 19.2 Å². The zero-order chi connectivity index (χ0) is 15.1. The van der Waals surface area contributed by atoms with Crippen LogP contribution in [0, 0.1) is 6.92 Å². The second kappa shape index (κ2) is 4.80. The van der Waals surface area contributed by atoms with Gasteiger partial charge in [-0.05, 0) is 25.5 Å². The quantitative estimate of drug-likeness (QED) is 0.752. The third-order valence-corrected chi connectivity index (χ3v) is 3.79. The number of hydrogen-bond donors (Lipinski definition) is 0. The topological polar surface area (TPSA) is 74.8 Å². The molecule has 0 saturated carbocycles. The first-order chi connectivity index (χ1) is 9.99. The number of nitrogens with zero attached hydrogens (tertiary/aromatic N) is 2. The molecule has 1 saturated heterocycles. The lowest BCUT2D eigenvalue weighted by Crippen LogP contribution is -2.43. The zero-order valence-electron chi connectivity index (χ0n) is 11.6. The number of carbonyl (C=O) groups is 4. The summed E-state index contributed by atoms with van der Waals surface area (Å²) in [4.78, 5) is 50.1. The highest BCUT2D eigenvalue weighted by molar-refractivity contribution is 6.22. The maximum atomic E-state index is 12.2. The SMILES string of the molecule is Cc1ccc2c(c1)C(=O)N(CC(=O)N1CCCC1=O)C2=O. The van der Waals surface area contributed by atoms with Crippen LogP contribution in [0.25, 0.3) is 0 Å². The molecule has 21 heavy (non-hydrogen) atoms. The van der Waals surface area contributed by atoms with E-state index in [-0.39, 0.29) is 12.5 Å². The normalized spacial score (nSPS) is 17.7. The molecule has 6 nitrogen and oxygen atoms in total. The van der Waals surface area contributed by atoms with Crippen LogP contribution in [-0.4, -0.2) is 46.5 Å². The summed E-state index contributed by atoms with van der Waals surface area (Å²) in [5.41, 5.74) is 1.50. The Labute approximate surface area is 121 Å². The van der Waals surface area contributed by atoms with Gasteiger partial charge in [0.1, 0.15) is 6.54 Å². The molecule has 1 aromatic carbocycles. The first-order valence-corrected chi connectivity index (χ1v) is 6.79. The molecular weight excluding hydrogens is 272 g/mol. The largest absolute Gasteiger partial charge is 0.281 e. The average molecular weight is 286 g/mol. The van der Waals surface area contributed by atoms with Crippen LogP contribution >= 0.6 is 0 Å². The van der Waals surface area contributed by atoms with Gasteiger partial charge in [-0.1, -0.05) is 11.6 Å². The summed E-state index contributed by atoms with van der Waals surface area (Å²) in [6, 6.07) is 4.98. The Balaban J connectivity index is 1.82. The Kier molecular flexibility index (Phi) is 3.08. The fraction of sp³-hybridized carbons (Fsp3) is 0.333. The van der Waals surface area contributed by atoms with Crippen LogP contribution in [0.4, 0.5) is 0 Å². The van der Waals surface area contributed by atoms with E-state index in [1.54, 1.807) is 18.2 Å². The van der Waals surface area contributed by atoms with Crippen LogP contribution in [0.1, 0.15) is 39.1 Å². The van der Waals surface area contributed by atoms with Crippen molar-refractivity contribution in [2.75, 3.05) is 13.1 Å². The maximum Gasteiger partial charge on any atom is 0.262 e. The number of carbonyl (C=O) groups excluding carboxylic acids is 4. The van der Waals surface area contributed by atoms with E-state index in [1.807, 2.05) is 6.92 Å². The summed E-state index contributed by atoms with van der Waals surface area (Å²) < 4.78 is 0. The number of imide groups is 2. The Bertz CT molecular complexity index is 680. The van der Waals surface area contributed by atoms with Gasteiger partial charge in [0.2, 0.25) is 11.8 Å². The number of benzene rings is 1. The number of amides is 4. The van der Waals surface area contributed by atoms with Gasteiger partial charge in [-0.3, -0.25) is 29.0 Å². The molecule has 2 aliphatic rings. The summed E-state index contributed by atoms with van der Waals surface area (Å²) in [5.74, 6) is -1.69. The van der Waals surface area contributed by atoms with Crippen molar-refractivity contribution >= 4 is 23.6 Å². The zero-order valence-corrected chi connectivity index (χ0v) is 11.6. The smallest absolute Gasteiger partial charge is 0.262 e. The van der Waals surface area contributed by atoms with Crippen molar-refractivity contribution in [2.45, 2.75) is 19.8 Å². The molecule has 1 fully saturated rings. The number of aryl methyl sites for hydroxylation is 1. The van der Waals surface area contributed by atoms with Gasteiger partial charge in [0.25, 0.3) is 11.8 Å². The summed E-state index contributed by atoms with van der Waals surface area (Å²) in [6.45, 7) is 1.81. The number of fused-ring (bicyclic) bond motifs is 1. The molecule has 0 aliphatic carbocycles. The third-order valence-electron chi connectivity index (χ3n) is 3.79. The fourth-order valence-corrected chi connectivity index (χ4v) is 2.68. The van der Waals surface area contributed by atoms with Crippen LogP contribution in [-0.2, 0) is 9.59 Å². The van der Waals surface area contributed by atoms with Crippen LogP contribution in [0.2, 0.25) is 0 Å². The van der Waals surface area contributed by atoms with Crippen molar-refractivity contribution in [1.82, 2.24) is 9.80 Å². The van der Waals surface area contributed by atoms with E-state index < -0.39 is 17.7 Å². The molecule has 1 aromatic rings. The number of rotatable bonds is 2. The van der Waals surface area contributed by atoms with E-state index in [0.29, 0.717) is 30.5 Å². The first-order valence-electron chi connectivity index (χ1n) is 6.79. The second-order valence-electron chi connectivity index (χ2n) is 5.29. The van der Waals surface area contributed by atoms with Crippen molar-refractivity contribution < 1.29 is 19.2 Å². The molecule has 6 heteroatoms. The molecule has 0 atom stereocenters. The van der Waals surface area contributed by atoms with E-state index >= 15 is 0 Å². The van der Waals surface area contributed by atoms with E-state index in [0.717, 1.165) is 15.4 Å². The maximum absolute atomic E-state index is 12.2. The van der Waals surface area contributed by atoms with Gasteiger partial charge in [-0.2, -0.15) is 0 Å². The highest BCUT2D eigenvalue weighted by atomic mass is 16.2. The van der Waals surface area contributed by atoms with Crippen LogP contribution in [0.3, 0.4) is 0 Å². The van der Waals surface area contributed by atoms with E-state index in [4.69, 9.17) is 0 Å². The molecule has 4 amide bonds. The summed E-state index contributed by atoms with van der Waals surface area (Å²) >= 11 is 0. The Morgan fingerprint density at radius 1 is 1.14 bits per heavy atom. The van der Waals surface area contributed by atoms with Crippen LogP contribution in [0.15, 0.2) is 18.2 Å². The minimum absolute atomic E-state index is 0.243. The van der Waals surface area contributed by atoms with Gasteiger partial charge in [-0.25, -0.2) is 0 Å². The van der Waals surface area contributed by atoms with Crippen molar-refractivity contribution in [2.24, 2.45) is 0 Å². The van der Waals surface area contributed by atoms with Gasteiger partial charge in [-0.15, -0.1) is 0 Å². The van der Waals surface area contributed by atoms with Crippen molar-refractivity contribution in [3.8, 4) is 0 Å². The Hall–Kier alpha value is -2.50. The van der Waals surface area contributed by atoms with Gasteiger partial charge in [0.05, 0.1) is 11.1 Å². The van der Waals surface area contributed by atoms with Gasteiger partial charge < -0.3 is 0 Å². The summed E-state index contributed by atoms with van der Waals surface area (Å²) in [6.07, 6.45) is 0.971. The van der Waals surface area contributed by atoms with Crippen LogP contribution in [0.5, 0.6) is 0 Å². The van der Waals surface area contributed by atoms with Crippen LogP contribution < -0.4 is 0 Å². The van der Waals surface area contributed by atoms with Gasteiger partial charge >= 0.3 is 0 Å². The van der Waals surface area contributed by atoms with Crippen molar-refractivity contribution in [3.63, 3.8) is 0 Å². The molecule has 3 rings (SSSR count). The lowest BCUT2D eigenvalue weighted by molar-refractivity contribution is -0.142. The molecule has 0 unspecified atom stereocenters. The van der Waals surface area contributed by atoms with Gasteiger partial charge in [0, 0.05) is 13.0 Å². The minimum Gasteiger partial charge on any atom is -0.281 e. The predicted molar refractivity (Wildman–Crippen MR) is 72.5 cm³/mol. The molecule has 108 valence electrons. The lowest BCUT2D eigenvalue weighted by Gasteiger charge is -2.18. The summed E-state index contributed by atoms with van der Waals surface area (Å²) in [5, 5.41) is 0. The highest BCUT2D eigenvalue weighted by Gasteiger charge is 2.38. The molecule has 0 radical (unpaired) electrons. The highest BCUT2D eigenvalue weighted by Crippen LogP contribution is 2.24. The molecule has 0 N–H and O–H groups in total. The Morgan fingerprint density at radius 2 is 1.86 bits per heavy atom. The molecule has 2 heterocycles. The first kappa shape index (κ1) is 13.5. The van der Waals surface area contributed by atoms with Crippen molar-refractivity contribution in [1.29, 1.82) is 0 Å². The fourth-order valence-electron chi connectivity index (χ4n) is 2.68. The van der Waals surface area contributed by atoms with E-state index in [1.165, 1.54) is 0 Å². The minimum atomic E-state index is -0.497. The lowest BCUT2D eigenvalue weighted by atomic mass is 10.1. The number of hydrogen-bond acceptors (Lipinski definition) is 4. The molecular formula is C15H14N2O4. The molecule has 0 bridgehead atoms. The van der Waals surface area contributed by atoms with Crippen molar-refractivity contribution in [3.05, 3.63) is 34.9 Å². The predicted octanol–water partition coefficient (Wildman–Crippen LogP) is 0.740. The Morgan fingerprint density at radius 3 is 2.52 bits per heavy atom. The standard InChI is InChI=1S/C15H14N2O4/c1-9-4-5-10-11(7-9)15(21)17(14(10)20)8-13(19)16-6-2-3-12(16)18/h4-5,7H,2-3,6,8H2,1H3. The number of likely N-dealkylation sites (tertiary alicyclic amines) is 1. The second-order valence-corrected chi connectivity index (χ2v) is 5.29.